The van der Waals surface area contributed by atoms with Gasteiger partial charge in [0.2, 0.25) is 11.8 Å². The zero-order valence-corrected chi connectivity index (χ0v) is 22.9. The molecule has 13 heteroatoms. The highest BCUT2D eigenvalue weighted by Gasteiger charge is 2.33. The van der Waals surface area contributed by atoms with Crippen molar-refractivity contribution in [2.24, 2.45) is 5.73 Å². The lowest BCUT2D eigenvalue weighted by Gasteiger charge is -2.23. The number of hydrogen-bond acceptors (Lipinski definition) is 8. The van der Waals surface area contributed by atoms with Crippen molar-refractivity contribution in [2.45, 2.75) is 19.1 Å². The maximum Gasteiger partial charge on any atom is 0.433 e. The first-order chi connectivity index (χ1) is 19.4. The number of nitrogens with two attached hydrogens (primary N) is 1. The lowest BCUT2D eigenvalue weighted by Crippen LogP contribution is -2.40. The van der Waals surface area contributed by atoms with Crippen LogP contribution >= 0.6 is 0 Å². The summed E-state index contributed by atoms with van der Waals surface area (Å²) in [6.07, 6.45) is -4.67. The topological polar surface area (TPSA) is 124 Å². The van der Waals surface area contributed by atoms with Crippen LogP contribution in [0.4, 0.5) is 18.9 Å². The van der Waals surface area contributed by atoms with Crippen LogP contribution < -0.4 is 20.1 Å². The van der Waals surface area contributed by atoms with Gasteiger partial charge in [-0.25, -0.2) is 9.97 Å². The molecule has 1 atom stereocenters. The van der Waals surface area contributed by atoms with E-state index in [0.29, 0.717) is 11.4 Å². The molecule has 0 aliphatic carbocycles. The highest BCUT2D eigenvalue weighted by Crippen LogP contribution is 2.37. The molecule has 41 heavy (non-hydrogen) atoms. The van der Waals surface area contributed by atoms with Crippen LogP contribution in [0.15, 0.2) is 52.9 Å². The summed E-state index contributed by atoms with van der Waals surface area (Å²) in [5, 5.41) is 0.260. The lowest BCUT2D eigenvalue weighted by molar-refractivity contribution is -0.141. The summed E-state index contributed by atoms with van der Waals surface area (Å²) in [7, 11) is 5.80. The number of benzene rings is 2. The summed E-state index contributed by atoms with van der Waals surface area (Å²) in [6.45, 7) is 1.29. The fourth-order valence-electron chi connectivity index (χ4n) is 4.21. The van der Waals surface area contributed by atoms with Crippen LogP contribution in [0.25, 0.3) is 22.4 Å². The molecule has 2 aromatic carbocycles. The highest BCUT2D eigenvalue weighted by atomic mass is 19.4. The molecule has 0 spiro atoms. The minimum atomic E-state index is -4.67. The van der Waals surface area contributed by atoms with E-state index in [1.165, 1.54) is 49.3 Å². The fraction of sp³-hybridized carbons (Fsp3) is 0.286. The van der Waals surface area contributed by atoms with Crippen molar-refractivity contribution in [2.75, 3.05) is 39.8 Å². The average molecular weight is 572 g/mol. The van der Waals surface area contributed by atoms with Crippen LogP contribution in [0.3, 0.4) is 0 Å². The number of halogens is 3. The number of ether oxygens (including phenoxy) is 2. The van der Waals surface area contributed by atoms with Crippen molar-refractivity contribution >= 4 is 28.4 Å². The van der Waals surface area contributed by atoms with Gasteiger partial charge in [-0.1, -0.05) is 12.1 Å². The van der Waals surface area contributed by atoms with Gasteiger partial charge >= 0.3 is 6.18 Å². The Balaban J connectivity index is 1.68. The monoisotopic (exact) mass is 571 g/mol. The summed E-state index contributed by atoms with van der Waals surface area (Å²) in [5.74, 6) is -0.441. The van der Waals surface area contributed by atoms with Crippen molar-refractivity contribution in [3.05, 3.63) is 65.7 Å². The number of carbonyl (C=O) groups excluding carboxylic acids is 2. The van der Waals surface area contributed by atoms with E-state index in [1.807, 2.05) is 0 Å². The number of fused-ring (bicyclic) bond motifs is 1. The Morgan fingerprint density at radius 3 is 2.32 bits per heavy atom. The number of methoxy groups -OCH3 is 2. The number of anilines is 1. The van der Waals surface area contributed by atoms with E-state index < -0.39 is 29.7 Å². The third-order valence-corrected chi connectivity index (χ3v) is 6.37. The van der Waals surface area contributed by atoms with E-state index in [2.05, 4.69) is 9.97 Å². The molecule has 4 rings (SSSR count). The molecule has 2 N–H and O–H groups in total. The highest BCUT2D eigenvalue weighted by molar-refractivity contribution is 6.01. The Labute approximate surface area is 233 Å². The Morgan fingerprint density at radius 2 is 1.68 bits per heavy atom. The Bertz CT molecular complexity index is 1600. The number of pyridine rings is 1. The van der Waals surface area contributed by atoms with Gasteiger partial charge in [-0.2, -0.15) is 13.2 Å². The summed E-state index contributed by atoms with van der Waals surface area (Å²) in [5.41, 5.74) is 5.59. The van der Waals surface area contributed by atoms with Gasteiger partial charge in [0.1, 0.15) is 29.3 Å². The molecule has 4 aromatic rings. The first kappa shape index (κ1) is 29.3. The second-order valence-electron chi connectivity index (χ2n) is 9.21. The van der Waals surface area contributed by atoms with Gasteiger partial charge in [-0.3, -0.25) is 9.59 Å². The molecule has 10 nitrogen and oxygen atoms in total. The Morgan fingerprint density at radius 1 is 1.00 bits per heavy atom. The zero-order valence-electron chi connectivity index (χ0n) is 22.9. The molecule has 0 fully saturated rings. The molecule has 0 unspecified atom stereocenters. The van der Waals surface area contributed by atoms with Crippen LogP contribution in [-0.4, -0.2) is 61.5 Å². The number of oxazole rings is 1. The standard InChI is InChI=1S/C28H28F3N5O5/c1-15(32)25-24(27(38)35(2)14-22(37)36(3)18-8-6-7-9-19(18)39-4)34-26(41-25)17-10-12-20(40-5)23-16(17)11-13-21(33-23)28(29,30)31/h6-13,15H,14,32H2,1-5H3/t15-/m0/s1. The van der Waals surface area contributed by atoms with Crippen LogP contribution in [0.5, 0.6) is 11.5 Å². The largest absolute Gasteiger partial charge is 0.495 e. The minimum absolute atomic E-state index is 0.0474. The molecule has 2 aromatic heterocycles. The van der Waals surface area contributed by atoms with Crippen molar-refractivity contribution < 1.29 is 36.7 Å². The zero-order chi connectivity index (χ0) is 30.1. The molecule has 0 bridgehead atoms. The van der Waals surface area contributed by atoms with Crippen molar-refractivity contribution in [1.29, 1.82) is 0 Å². The SMILES string of the molecule is COc1ccccc1N(C)C(=O)CN(C)C(=O)c1nc(-c2ccc(OC)c3nc(C(F)(F)F)ccc23)oc1[C@H](C)N. The number of para-hydroxylation sites is 2. The molecule has 0 aliphatic heterocycles. The second kappa shape index (κ2) is 11.5. The number of carbonyl (C=O) groups is 2. The van der Waals surface area contributed by atoms with Crippen LogP contribution in [0.2, 0.25) is 0 Å². The number of hydrogen-bond donors (Lipinski definition) is 1. The summed E-state index contributed by atoms with van der Waals surface area (Å²) < 4.78 is 56.4. The van der Waals surface area contributed by atoms with Gasteiger partial charge in [0.25, 0.3) is 5.91 Å². The molecular weight excluding hydrogens is 543 g/mol. The first-order valence-corrected chi connectivity index (χ1v) is 12.3. The van der Waals surface area contributed by atoms with E-state index in [9.17, 15) is 22.8 Å². The molecule has 0 aliphatic rings. The third kappa shape index (κ3) is 5.80. The lowest BCUT2D eigenvalue weighted by atomic mass is 10.1. The molecule has 0 saturated heterocycles. The number of amides is 2. The summed E-state index contributed by atoms with van der Waals surface area (Å²) >= 11 is 0. The predicted molar refractivity (Wildman–Crippen MR) is 145 cm³/mol. The summed E-state index contributed by atoms with van der Waals surface area (Å²) in [6, 6.07) is 11.2. The molecule has 216 valence electrons. The van der Waals surface area contributed by atoms with Crippen LogP contribution in [0, 0.1) is 0 Å². The van der Waals surface area contributed by atoms with Crippen molar-refractivity contribution in [3.8, 4) is 23.0 Å². The first-order valence-electron chi connectivity index (χ1n) is 12.3. The molecule has 0 saturated carbocycles. The maximum absolute atomic E-state index is 13.4. The van der Waals surface area contributed by atoms with Gasteiger partial charge in [0.15, 0.2) is 11.5 Å². The Kier molecular flexibility index (Phi) is 8.19. The maximum atomic E-state index is 13.4. The number of aromatic nitrogens is 2. The van der Waals surface area contributed by atoms with Crippen LogP contribution in [-0.2, 0) is 11.0 Å². The normalized spacial score (nSPS) is 12.2. The van der Waals surface area contributed by atoms with E-state index in [0.717, 1.165) is 6.07 Å². The van der Waals surface area contributed by atoms with Crippen molar-refractivity contribution in [3.63, 3.8) is 0 Å². The van der Waals surface area contributed by atoms with Gasteiger partial charge in [0, 0.05) is 25.0 Å². The number of likely N-dealkylation sites (N-methyl/N-ethyl adjacent to an activating group) is 2. The quantitative estimate of drug-likeness (QED) is 0.323. The van der Waals surface area contributed by atoms with E-state index >= 15 is 0 Å². The van der Waals surface area contributed by atoms with Crippen molar-refractivity contribution in [1.82, 2.24) is 14.9 Å². The summed E-state index contributed by atoms with van der Waals surface area (Å²) in [4.78, 5) is 37.1. The van der Waals surface area contributed by atoms with E-state index in [4.69, 9.17) is 19.6 Å². The number of nitrogens with zero attached hydrogens (tertiary/aromatic N) is 4. The smallest absolute Gasteiger partial charge is 0.433 e. The van der Waals surface area contributed by atoms with Gasteiger partial charge < -0.3 is 29.4 Å². The Hall–Kier alpha value is -4.65. The fourth-order valence-corrected chi connectivity index (χ4v) is 4.21. The van der Waals surface area contributed by atoms with E-state index in [-0.39, 0.29) is 46.1 Å². The number of alkyl halides is 3. The van der Waals surface area contributed by atoms with Gasteiger partial charge in [-0.15, -0.1) is 0 Å². The molecule has 2 amide bonds. The predicted octanol–water partition coefficient (Wildman–Crippen LogP) is 4.68. The molecule has 0 radical (unpaired) electrons. The van der Waals surface area contributed by atoms with Crippen LogP contribution in [0.1, 0.15) is 34.9 Å². The second-order valence-corrected chi connectivity index (χ2v) is 9.21. The third-order valence-electron chi connectivity index (χ3n) is 6.37. The molecule has 2 heterocycles. The number of rotatable bonds is 8. The van der Waals surface area contributed by atoms with Gasteiger partial charge in [-0.05, 0) is 43.3 Å². The average Bonchev–Trinajstić information content (AvgIpc) is 3.40. The van der Waals surface area contributed by atoms with Gasteiger partial charge in [0.05, 0.1) is 25.9 Å². The van der Waals surface area contributed by atoms with E-state index in [1.54, 1.807) is 38.2 Å². The molecular formula is C28H28F3N5O5. The minimum Gasteiger partial charge on any atom is -0.495 e.